The fourth-order valence-electron chi connectivity index (χ4n) is 1.71. The minimum Gasteiger partial charge on any atom is -0.444 e. The molecule has 0 aliphatic rings. The Kier molecular flexibility index (Phi) is 5.51. The van der Waals surface area contributed by atoms with E-state index >= 15 is 0 Å². The van der Waals surface area contributed by atoms with Gasteiger partial charge in [-0.25, -0.2) is 4.79 Å². The molecule has 1 heterocycles. The Labute approximate surface area is 124 Å². The van der Waals surface area contributed by atoms with Crippen molar-refractivity contribution in [2.75, 3.05) is 12.3 Å². The molecule has 7 nitrogen and oxygen atoms in total. The number of aryl methyl sites for hydroxylation is 1. The first-order valence-electron chi connectivity index (χ1n) is 6.65. The fraction of sp³-hybridized carbons (Fsp3) is 0.571. The number of aliphatic hydroxyl groups excluding tert-OH is 2. The van der Waals surface area contributed by atoms with Crippen LogP contribution in [-0.4, -0.2) is 39.5 Å². The third-order valence-corrected chi connectivity index (χ3v) is 2.64. The summed E-state index contributed by atoms with van der Waals surface area (Å²) < 4.78 is 5.04. The molecule has 21 heavy (non-hydrogen) atoms. The number of rotatable bonds is 4. The number of nitrogen functional groups attached to an aromatic ring is 1. The van der Waals surface area contributed by atoms with Crippen molar-refractivity contribution in [2.24, 2.45) is 0 Å². The number of ether oxygens (including phenoxy) is 1. The lowest BCUT2D eigenvalue weighted by Gasteiger charge is -2.22. The van der Waals surface area contributed by atoms with Gasteiger partial charge in [-0.2, -0.15) is 0 Å². The molecule has 0 aliphatic carbocycles. The summed E-state index contributed by atoms with van der Waals surface area (Å²) in [6.07, 6.45) is -1.68. The van der Waals surface area contributed by atoms with Gasteiger partial charge < -0.3 is 26.0 Å². The maximum Gasteiger partial charge on any atom is 0.407 e. The summed E-state index contributed by atoms with van der Waals surface area (Å²) in [6, 6.07) is 1.65. The number of alkyl carbamates (subject to hydrolysis) is 1. The molecule has 118 valence electrons. The van der Waals surface area contributed by atoms with Gasteiger partial charge in [-0.05, 0) is 39.3 Å². The monoisotopic (exact) mass is 297 g/mol. The predicted octanol–water partition coefficient (Wildman–Crippen LogP) is 0.891. The largest absolute Gasteiger partial charge is 0.444 e. The van der Waals surface area contributed by atoms with Crippen LogP contribution in [0, 0.1) is 6.92 Å². The molecule has 0 bridgehead atoms. The van der Waals surface area contributed by atoms with Crippen LogP contribution in [0.3, 0.4) is 0 Å². The standard InChI is InChI=1S/C14H23N3O4/c1-8-5-9(15)6-16-11(8)12(19)10(18)7-17-13(20)21-14(2,3)4/h5-6,10,12,18-19H,7,15H2,1-4H3,(H,17,20). The number of nitrogens with zero attached hydrogens (tertiary/aromatic N) is 1. The average molecular weight is 297 g/mol. The lowest BCUT2D eigenvalue weighted by atomic mass is 10.1. The number of carbonyl (C=O) groups is 1. The summed E-state index contributed by atoms with van der Waals surface area (Å²) in [6.45, 7) is 6.79. The van der Waals surface area contributed by atoms with E-state index in [4.69, 9.17) is 10.5 Å². The lowest BCUT2D eigenvalue weighted by Crippen LogP contribution is -2.39. The zero-order valence-electron chi connectivity index (χ0n) is 12.8. The van der Waals surface area contributed by atoms with Crippen LogP contribution < -0.4 is 11.1 Å². The SMILES string of the molecule is Cc1cc(N)cnc1C(O)C(O)CNC(=O)OC(C)(C)C. The lowest BCUT2D eigenvalue weighted by molar-refractivity contribution is 0.0106. The van der Waals surface area contributed by atoms with Crippen molar-refractivity contribution in [1.82, 2.24) is 10.3 Å². The summed E-state index contributed by atoms with van der Waals surface area (Å²) >= 11 is 0. The number of nitrogens with one attached hydrogen (secondary N) is 1. The van der Waals surface area contributed by atoms with Crippen molar-refractivity contribution < 1.29 is 19.7 Å². The third kappa shape index (κ3) is 5.57. The second kappa shape index (κ2) is 6.73. The van der Waals surface area contributed by atoms with Crippen LogP contribution in [0.4, 0.5) is 10.5 Å². The molecular formula is C14H23N3O4. The Morgan fingerprint density at radius 1 is 1.48 bits per heavy atom. The Bertz CT molecular complexity index is 499. The molecule has 2 atom stereocenters. The van der Waals surface area contributed by atoms with Gasteiger partial charge in [-0.3, -0.25) is 4.98 Å². The molecule has 1 amide bonds. The molecule has 1 rings (SSSR count). The van der Waals surface area contributed by atoms with Crippen molar-refractivity contribution in [1.29, 1.82) is 0 Å². The van der Waals surface area contributed by atoms with E-state index in [1.54, 1.807) is 33.8 Å². The summed E-state index contributed by atoms with van der Waals surface area (Å²) in [5.74, 6) is 0. The van der Waals surface area contributed by atoms with Crippen LogP contribution in [0.2, 0.25) is 0 Å². The van der Waals surface area contributed by atoms with Crippen LogP contribution >= 0.6 is 0 Å². The van der Waals surface area contributed by atoms with Gasteiger partial charge >= 0.3 is 6.09 Å². The Morgan fingerprint density at radius 2 is 2.10 bits per heavy atom. The minimum absolute atomic E-state index is 0.151. The molecule has 5 N–H and O–H groups in total. The number of aliphatic hydroxyl groups is 2. The number of hydrogen-bond donors (Lipinski definition) is 4. The number of nitrogens with two attached hydrogens (primary N) is 1. The number of aromatic nitrogens is 1. The molecule has 0 saturated heterocycles. The zero-order valence-corrected chi connectivity index (χ0v) is 12.8. The van der Waals surface area contributed by atoms with Gasteiger partial charge in [-0.1, -0.05) is 0 Å². The normalized spacial score (nSPS) is 14.4. The summed E-state index contributed by atoms with van der Waals surface area (Å²) in [7, 11) is 0. The van der Waals surface area contributed by atoms with Gasteiger partial charge in [0.25, 0.3) is 0 Å². The molecule has 0 fully saturated rings. The van der Waals surface area contributed by atoms with E-state index in [0.717, 1.165) is 0 Å². The molecule has 0 aliphatic heterocycles. The van der Waals surface area contributed by atoms with E-state index in [-0.39, 0.29) is 6.54 Å². The number of anilines is 1. The van der Waals surface area contributed by atoms with Crippen LogP contribution in [0.25, 0.3) is 0 Å². The number of hydrogen-bond acceptors (Lipinski definition) is 6. The Hall–Kier alpha value is -1.86. The molecular weight excluding hydrogens is 274 g/mol. The Balaban J connectivity index is 2.59. The molecule has 7 heteroatoms. The van der Waals surface area contributed by atoms with Gasteiger partial charge in [0.15, 0.2) is 0 Å². The van der Waals surface area contributed by atoms with Gasteiger partial charge in [0, 0.05) is 6.54 Å². The first-order chi connectivity index (χ1) is 9.60. The zero-order chi connectivity index (χ0) is 16.2. The smallest absolute Gasteiger partial charge is 0.407 e. The highest BCUT2D eigenvalue weighted by Gasteiger charge is 2.23. The Morgan fingerprint density at radius 3 is 2.62 bits per heavy atom. The van der Waals surface area contributed by atoms with Crippen molar-refractivity contribution in [2.45, 2.75) is 45.5 Å². The van der Waals surface area contributed by atoms with Gasteiger partial charge in [-0.15, -0.1) is 0 Å². The highest BCUT2D eigenvalue weighted by atomic mass is 16.6. The van der Waals surface area contributed by atoms with Crippen LogP contribution in [0.5, 0.6) is 0 Å². The van der Waals surface area contributed by atoms with Gasteiger partial charge in [0.2, 0.25) is 0 Å². The second-order valence-electron chi connectivity index (χ2n) is 5.87. The molecule has 2 unspecified atom stereocenters. The fourth-order valence-corrected chi connectivity index (χ4v) is 1.71. The van der Waals surface area contributed by atoms with Gasteiger partial charge in [0.05, 0.1) is 17.6 Å². The van der Waals surface area contributed by atoms with Crippen LogP contribution in [0.15, 0.2) is 12.3 Å². The first kappa shape index (κ1) is 17.2. The number of pyridine rings is 1. The molecule has 0 spiro atoms. The van der Waals surface area contributed by atoms with Crippen molar-refractivity contribution >= 4 is 11.8 Å². The third-order valence-electron chi connectivity index (χ3n) is 2.64. The van der Waals surface area contributed by atoms with E-state index in [1.165, 1.54) is 6.20 Å². The van der Waals surface area contributed by atoms with E-state index in [0.29, 0.717) is 16.9 Å². The molecule has 0 saturated carbocycles. The minimum atomic E-state index is -1.22. The second-order valence-corrected chi connectivity index (χ2v) is 5.87. The quantitative estimate of drug-likeness (QED) is 0.655. The van der Waals surface area contributed by atoms with E-state index in [2.05, 4.69) is 10.3 Å². The van der Waals surface area contributed by atoms with Crippen molar-refractivity contribution in [3.8, 4) is 0 Å². The molecule has 0 radical (unpaired) electrons. The summed E-state index contributed by atoms with van der Waals surface area (Å²) in [5.41, 5.74) is 6.42. The topological polar surface area (TPSA) is 118 Å². The highest BCUT2D eigenvalue weighted by molar-refractivity contribution is 5.67. The summed E-state index contributed by atoms with van der Waals surface area (Å²) in [4.78, 5) is 15.5. The molecule has 1 aromatic heterocycles. The predicted molar refractivity (Wildman–Crippen MR) is 78.6 cm³/mol. The van der Waals surface area contributed by atoms with E-state index in [9.17, 15) is 15.0 Å². The van der Waals surface area contributed by atoms with Crippen molar-refractivity contribution in [3.63, 3.8) is 0 Å². The first-order valence-corrected chi connectivity index (χ1v) is 6.65. The number of amides is 1. The highest BCUT2D eigenvalue weighted by Crippen LogP contribution is 2.20. The van der Waals surface area contributed by atoms with Crippen LogP contribution in [0.1, 0.15) is 38.1 Å². The van der Waals surface area contributed by atoms with Crippen LogP contribution in [-0.2, 0) is 4.74 Å². The summed E-state index contributed by atoms with van der Waals surface area (Å²) in [5, 5.41) is 22.4. The van der Waals surface area contributed by atoms with Crippen molar-refractivity contribution in [3.05, 3.63) is 23.5 Å². The van der Waals surface area contributed by atoms with E-state index in [1.807, 2.05) is 0 Å². The number of carbonyl (C=O) groups excluding carboxylic acids is 1. The molecule has 1 aromatic rings. The molecule has 0 aromatic carbocycles. The average Bonchev–Trinajstić information content (AvgIpc) is 2.33. The van der Waals surface area contributed by atoms with E-state index < -0.39 is 23.9 Å². The maximum absolute atomic E-state index is 11.5. The van der Waals surface area contributed by atoms with Gasteiger partial charge in [0.1, 0.15) is 17.8 Å². The maximum atomic E-state index is 11.5.